The van der Waals surface area contributed by atoms with Crippen molar-refractivity contribution >= 4 is 0 Å². The minimum absolute atomic E-state index is 0.0786. The fraction of sp³-hybridized carbons (Fsp3) is 1.00. The molecule has 1 unspecified atom stereocenters. The van der Waals surface area contributed by atoms with Gasteiger partial charge in [-0.2, -0.15) is 0 Å². The summed E-state index contributed by atoms with van der Waals surface area (Å²) in [5, 5.41) is 106. The normalized spacial score (nSPS) is 58.2. The molecule has 9 aliphatic rings. The fourth-order valence-corrected chi connectivity index (χ4v) is 14.7. The van der Waals surface area contributed by atoms with Crippen LogP contribution in [0.15, 0.2) is 0 Å². The summed E-state index contributed by atoms with van der Waals surface area (Å²) >= 11 is 0. The molecule has 0 aromatic heterocycles. The zero-order chi connectivity index (χ0) is 44.9. The van der Waals surface area contributed by atoms with Crippen molar-refractivity contribution in [2.24, 2.45) is 52.3 Å². The van der Waals surface area contributed by atoms with Crippen LogP contribution in [0.25, 0.3) is 0 Å². The molecule has 63 heavy (non-hydrogen) atoms. The maximum absolute atomic E-state index is 12.0. The Morgan fingerprint density at radius 1 is 0.556 bits per heavy atom. The molecule has 18 heteroatoms. The summed E-state index contributed by atoms with van der Waals surface area (Å²) in [5.41, 5.74) is 0.280. The van der Waals surface area contributed by atoms with E-state index in [2.05, 4.69) is 27.7 Å². The zero-order valence-electron chi connectivity index (χ0n) is 37.0. The first-order valence-corrected chi connectivity index (χ1v) is 23.8. The number of aliphatic hydroxyl groups is 10. The highest BCUT2D eigenvalue weighted by Gasteiger charge is 2.69. The minimum atomic E-state index is -1.84. The monoisotopic (exact) mass is 902 g/mol. The van der Waals surface area contributed by atoms with Crippen LogP contribution in [0.3, 0.4) is 0 Å². The molecule has 27 atom stereocenters. The molecule has 4 saturated carbocycles. The Morgan fingerprint density at radius 3 is 1.76 bits per heavy atom. The van der Waals surface area contributed by atoms with Crippen molar-refractivity contribution in [3.05, 3.63) is 0 Å². The third-order valence-electron chi connectivity index (χ3n) is 18.3. The van der Waals surface area contributed by atoms with Crippen LogP contribution in [0, 0.1) is 52.3 Å². The Hall–Kier alpha value is -0.720. The van der Waals surface area contributed by atoms with Crippen molar-refractivity contribution in [2.45, 2.75) is 202 Å². The maximum atomic E-state index is 12.0. The number of hydrogen-bond acceptors (Lipinski definition) is 18. The molecule has 0 amide bonds. The molecular weight excluding hydrogens is 828 g/mol. The summed E-state index contributed by atoms with van der Waals surface area (Å²) in [6, 6.07) is 0. The van der Waals surface area contributed by atoms with Crippen LogP contribution in [-0.2, 0) is 37.9 Å². The highest BCUT2D eigenvalue weighted by Crippen LogP contribution is 2.71. The second-order valence-corrected chi connectivity index (χ2v) is 21.5. The first kappa shape index (κ1) is 47.4. The van der Waals surface area contributed by atoms with Crippen molar-refractivity contribution in [2.75, 3.05) is 26.4 Å². The molecule has 5 aliphatic heterocycles. The van der Waals surface area contributed by atoms with Crippen molar-refractivity contribution in [1.82, 2.24) is 0 Å². The van der Waals surface area contributed by atoms with Crippen LogP contribution in [0.2, 0.25) is 0 Å². The Kier molecular flexibility index (Phi) is 13.5. The molecule has 4 aliphatic carbocycles. The molecule has 0 bridgehead atoms. The molecule has 18 nitrogen and oxygen atoms in total. The molecule has 10 N–H and O–H groups in total. The smallest absolute Gasteiger partial charge is 0.187 e. The molecule has 9 rings (SSSR count). The number of fused-ring (bicyclic) bond motifs is 7. The summed E-state index contributed by atoms with van der Waals surface area (Å²) in [6.07, 6.45) is -14.4. The van der Waals surface area contributed by atoms with Gasteiger partial charge in [0.1, 0.15) is 73.2 Å². The number of rotatable bonds is 9. The van der Waals surface area contributed by atoms with Gasteiger partial charge in [-0.1, -0.05) is 27.7 Å². The van der Waals surface area contributed by atoms with Crippen molar-refractivity contribution < 1.29 is 89.0 Å². The third kappa shape index (κ3) is 7.88. The van der Waals surface area contributed by atoms with E-state index in [9.17, 15) is 51.1 Å². The quantitative estimate of drug-likeness (QED) is 0.128. The second kappa shape index (κ2) is 18.0. The molecule has 9 fully saturated rings. The van der Waals surface area contributed by atoms with Gasteiger partial charge < -0.3 is 89.0 Å². The molecule has 362 valence electrons. The van der Waals surface area contributed by atoms with Gasteiger partial charge in [0.15, 0.2) is 24.7 Å². The van der Waals surface area contributed by atoms with Gasteiger partial charge in [0.2, 0.25) is 0 Å². The zero-order valence-corrected chi connectivity index (χ0v) is 37.0. The lowest BCUT2D eigenvalue weighted by Gasteiger charge is -2.61. The SMILES string of the molecule is C[C@H]1CC[C@@]2(OC1)O[C@H]1C[C@H]3[C@@H]4CCC5C[C@@H](O[C@@H]6O[C@H](CO)[C@@H](O[C@@H]7O[C@H](CO)[C@@H](O)[C@H](O)[C@H]7O)[C@H](O)[C@H]6O[C@@H]6O[C@H](CO)[C@@H](O)[C@H](O)[C@H]6O)CC[C@]5(C)[C@H]4CC[C@]3(C)[C@H]1[C@@H]2C. The summed E-state index contributed by atoms with van der Waals surface area (Å²) < 4.78 is 49.8. The molecule has 5 heterocycles. The van der Waals surface area contributed by atoms with Crippen LogP contribution in [0.4, 0.5) is 0 Å². The van der Waals surface area contributed by atoms with E-state index in [4.69, 9.17) is 37.9 Å². The van der Waals surface area contributed by atoms with Gasteiger partial charge in [-0.3, -0.25) is 0 Å². The lowest BCUT2D eigenvalue weighted by Crippen LogP contribution is -2.67. The predicted octanol–water partition coefficient (Wildman–Crippen LogP) is -0.734. The lowest BCUT2D eigenvalue weighted by atomic mass is 9.44. The van der Waals surface area contributed by atoms with Crippen LogP contribution >= 0.6 is 0 Å². The second-order valence-electron chi connectivity index (χ2n) is 21.5. The van der Waals surface area contributed by atoms with Gasteiger partial charge in [-0.05, 0) is 104 Å². The van der Waals surface area contributed by atoms with Crippen LogP contribution in [0.5, 0.6) is 0 Å². The van der Waals surface area contributed by atoms with Crippen LogP contribution in [-0.4, -0.2) is 188 Å². The van der Waals surface area contributed by atoms with E-state index in [0.29, 0.717) is 54.3 Å². The van der Waals surface area contributed by atoms with Gasteiger partial charge in [0.05, 0.1) is 38.6 Å². The summed E-state index contributed by atoms with van der Waals surface area (Å²) in [7, 11) is 0. The van der Waals surface area contributed by atoms with E-state index in [1.54, 1.807) is 0 Å². The summed E-state index contributed by atoms with van der Waals surface area (Å²) in [6.45, 7) is 8.24. The average Bonchev–Trinajstić information content (AvgIpc) is 3.72. The van der Waals surface area contributed by atoms with E-state index >= 15 is 0 Å². The van der Waals surface area contributed by atoms with Crippen molar-refractivity contribution in [3.63, 3.8) is 0 Å². The molecule has 1 spiro atoms. The van der Waals surface area contributed by atoms with Crippen molar-refractivity contribution in [1.29, 1.82) is 0 Å². The fourth-order valence-electron chi connectivity index (χ4n) is 14.7. The molecule has 0 aromatic rings. The topological polar surface area (TPSA) is 276 Å². The predicted molar refractivity (Wildman–Crippen MR) is 216 cm³/mol. The Morgan fingerprint density at radius 2 is 1.16 bits per heavy atom. The van der Waals surface area contributed by atoms with Gasteiger partial charge in [-0.25, -0.2) is 0 Å². The van der Waals surface area contributed by atoms with Gasteiger partial charge in [-0.15, -0.1) is 0 Å². The molecular formula is C45H74O18. The first-order valence-electron chi connectivity index (χ1n) is 23.8. The van der Waals surface area contributed by atoms with Crippen molar-refractivity contribution in [3.8, 4) is 0 Å². The lowest BCUT2D eigenvalue weighted by molar-refractivity contribution is -0.391. The minimum Gasteiger partial charge on any atom is -0.394 e. The number of hydrogen-bond donors (Lipinski definition) is 10. The molecule has 0 radical (unpaired) electrons. The number of ether oxygens (including phenoxy) is 8. The Bertz CT molecular complexity index is 1570. The summed E-state index contributed by atoms with van der Waals surface area (Å²) in [4.78, 5) is 0. The maximum Gasteiger partial charge on any atom is 0.187 e. The standard InChI is InChI=1S/C45H74O18/c1-19-7-12-45(56-18-19)20(2)30-26(63-45)14-25-23-6-5-21-13-22(8-10-43(21,3)24(23)9-11-44(25,30)4)57-42-39(62-41-36(54)34(52)32(50)28(16-47)59-41)37(55)38(29(17-48)60-42)61-40-35(53)33(51)31(49)27(15-46)58-40/h19-42,46-55H,5-18H2,1-4H3/t19-,20-,21?,22-,23+,24-,25-,26-,27+,28+,29+,30-,31+,32+,33-,34-,35+,36+,37-,38+,39+,40-,41-,42+,43-,44-,45+/m0/s1. The summed E-state index contributed by atoms with van der Waals surface area (Å²) in [5.74, 6) is 3.05. The number of aliphatic hydroxyl groups excluding tert-OH is 10. The first-order chi connectivity index (χ1) is 30.0. The van der Waals surface area contributed by atoms with Gasteiger partial charge in [0.25, 0.3) is 0 Å². The van der Waals surface area contributed by atoms with E-state index in [-0.39, 0.29) is 23.0 Å². The van der Waals surface area contributed by atoms with Crippen LogP contribution in [0.1, 0.15) is 91.9 Å². The highest BCUT2D eigenvalue weighted by atomic mass is 16.8. The third-order valence-corrected chi connectivity index (χ3v) is 18.3. The van der Waals surface area contributed by atoms with E-state index in [0.717, 1.165) is 51.6 Å². The van der Waals surface area contributed by atoms with E-state index in [1.807, 2.05) is 0 Å². The van der Waals surface area contributed by atoms with Crippen LogP contribution < -0.4 is 0 Å². The van der Waals surface area contributed by atoms with Gasteiger partial charge >= 0.3 is 0 Å². The highest BCUT2D eigenvalue weighted by molar-refractivity contribution is 5.15. The molecule has 0 aromatic carbocycles. The Labute approximate surface area is 369 Å². The largest absolute Gasteiger partial charge is 0.394 e. The van der Waals surface area contributed by atoms with Gasteiger partial charge in [0, 0.05) is 12.3 Å². The Balaban J connectivity index is 0.904. The molecule has 5 saturated heterocycles. The average molecular weight is 903 g/mol. The van der Waals surface area contributed by atoms with E-state index < -0.39 is 118 Å². The van der Waals surface area contributed by atoms with E-state index in [1.165, 1.54) is 6.42 Å².